The highest BCUT2D eigenvalue weighted by atomic mass is 32.1. The molecule has 0 saturated carbocycles. The van der Waals surface area contributed by atoms with Crippen molar-refractivity contribution in [2.24, 2.45) is 0 Å². The second-order valence-corrected chi connectivity index (χ2v) is 4.26. The van der Waals surface area contributed by atoms with Gasteiger partial charge in [-0.25, -0.2) is 4.79 Å². The van der Waals surface area contributed by atoms with Gasteiger partial charge in [0, 0.05) is 17.0 Å². The molecule has 84 valence electrons. The number of carboxylic acid groups (broad SMARTS) is 1. The topological polar surface area (TPSA) is 55.1 Å². The van der Waals surface area contributed by atoms with Crippen LogP contribution in [0, 0.1) is 0 Å². The van der Waals surface area contributed by atoms with Crippen LogP contribution >= 0.6 is 11.5 Å². The van der Waals surface area contributed by atoms with E-state index in [9.17, 15) is 4.79 Å². The van der Waals surface area contributed by atoms with Crippen LogP contribution in [0.1, 0.15) is 10.4 Å². The van der Waals surface area contributed by atoms with Crippen molar-refractivity contribution in [1.29, 1.82) is 0 Å². The number of para-hydroxylation sites is 1. The average molecular weight is 244 g/mol. The Bertz CT molecular complexity index is 686. The Kier molecular flexibility index (Phi) is 2.19. The van der Waals surface area contributed by atoms with Gasteiger partial charge >= 0.3 is 5.97 Å². The fourth-order valence-electron chi connectivity index (χ4n) is 1.87. The number of fused-ring (bicyclic) bond motifs is 1. The average Bonchev–Trinajstić information content (AvgIpc) is 2.95. The lowest BCUT2D eigenvalue weighted by molar-refractivity contribution is 0.0699. The Balaban J connectivity index is 2.37. The van der Waals surface area contributed by atoms with E-state index >= 15 is 0 Å². The van der Waals surface area contributed by atoms with Gasteiger partial charge in [0.2, 0.25) is 0 Å². The van der Waals surface area contributed by atoms with Gasteiger partial charge < -0.3 is 5.11 Å². The molecule has 1 N–H and O–H groups in total. The van der Waals surface area contributed by atoms with Crippen molar-refractivity contribution in [2.75, 3.05) is 0 Å². The second kappa shape index (κ2) is 3.71. The van der Waals surface area contributed by atoms with E-state index in [1.165, 1.54) is 11.5 Å². The molecule has 0 amide bonds. The smallest absolute Gasteiger partial charge is 0.337 e. The van der Waals surface area contributed by atoms with Crippen LogP contribution in [0.15, 0.2) is 41.9 Å². The van der Waals surface area contributed by atoms with Crippen LogP contribution in [0.4, 0.5) is 0 Å². The van der Waals surface area contributed by atoms with Gasteiger partial charge in [-0.05, 0) is 23.7 Å². The highest BCUT2D eigenvalue weighted by Crippen LogP contribution is 2.24. The van der Waals surface area contributed by atoms with E-state index in [4.69, 9.17) is 5.11 Å². The van der Waals surface area contributed by atoms with Gasteiger partial charge in [-0.1, -0.05) is 18.2 Å². The van der Waals surface area contributed by atoms with Gasteiger partial charge in [0.05, 0.1) is 11.1 Å². The summed E-state index contributed by atoms with van der Waals surface area (Å²) in [5, 5.41) is 11.8. The van der Waals surface area contributed by atoms with Gasteiger partial charge in [0.15, 0.2) is 5.82 Å². The third-order valence-corrected chi connectivity index (χ3v) is 3.16. The van der Waals surface area contributed by atoms with E-state index in [1.807, 2.05) is 35.7 Å². The molecule has 2 heterocycles. The third-order valence-electron chi connectivity index (χ3n) is 2.61. The molecule has 2 aromatic heterocycles. The molecule has 0 bridgehead atoms. The van der Waals surface area contributed by atoms with Crippen LogP contribution in [0.3, 0.4) is 0 Å². The summed E-state index contributed by atoms with van der Waals surface area (Å²) in [7, 11) is 0. The first-order valence-electron chi connectivity index (χ1n) is 5.01. The van der Waals surface area contributed by atoms with Crippen LogP contribution in [0.25, 0.3) is 16.7 Å². The Morgan fingerprint density at radius 1 is 1.29 bits per heavy atom. The molecule has 17 heavy (non-hydrogen) atoms. The first kappa shape index (κ1) is 10.0. The maximum Gasteiger partial charge on any atom is 0.337 e. The minimum atomic E-state index is -0.921. The number of aromatic nitrogens is 2. The number of hydrogen-bond donors (Lipinski definition) is 1. The van der Waals surface area contributed by atoms with Crippen molar-refractivity contribution in [1.82, 2.24) is 8.94 Å². The Labute approximate surface area is 101 Å². The van der Waals surface area contributed by atoms with E-state index in [0.717, 1.165) is 16.7 Å². The summed E-state index contributed by atoms with van der Waals surface area (Å²) in [5.74, 6) is -0.172. The predicted octanol–water partition coefficient (Wildman–Crippen LogP) is 2.79. The monoisotopic (exact) mass is 244 g/mol. The first-order chi connectivity index (χ1) is 8.27. The van der Waals surface area contributed by atoms with Gasteiger partial charge in [0.1, 0.15) is 0 Å². The van der Waals surface area contributed by atoms with Crippen LogP contribution in [-0.4, -0.2) is 20.0 Å². The van der Waals surface area contributed by atoms with Crippen molar-refractivity contribution >= 4 is 28.4 Å². The van der Waals surface area contributed by atoms with E-state index in [1.54, 1.807) is 10.8 Å². The molecule has 0 spiro atoms. The molecule has 3 aromatic rings. The van der Waals surface area contributed by atoms with Crippen LogP contribution in [0.2, 0.25) is 0 Å². The van der Waals surface area contributed by atoms with Crippen LogP contribution in [-0.2, 0) is 0 Å². The summed E-state index contributed by atoms with van der Waals surface area (Å²) in [5.41, 5.74) is 1.16. The minimum Gasteiger partial charge on any atom is -0.478 e. The zero-order valence-electron chi connectivity index (χ0n) is 8.70. The van der Waals surface area contributed by atoms with Gasteiger partial charge in [-0.2, -0.15) is 4.37 Å². The summed E-state index contributed by atoms with van der Waals surface area (Å²) in [6, 6.07) is 9.28. The van der Waals surface area contributed by atoms with Crippen molar-refractivity contribution in [3.8, 4) is 5.82 Å². The number of carboxylic acids is 1. The molecule has 1 aromatic carbocycles. The summed E-state index contributed by atoms with van der Waals surface area (Å²) < 4.78 is 6.02. The number of benzene rings is 1. The second-order valence-electron chi connectivity index (χ2n) is 3.59. The molecular formula is C12H8N2O2S. The fourth-order valence-corrected chi connectivity index (χ4v) is 2.37. The third kappa shape index (κ3) is 1.52. The lowest BCUT2D eigenvalue weighted by Gasteiger charge is -1.98. The summed E-state index contributed by atoms with van der Waals surface area (Å²) in [6.45, 7) is 0. The van der Waals surface area contributed by atoms with Crippen molar-refractivity contribution in [3.63, 3.8) is 0 Å². The maximum absolute atomic E-state index is 11.2. The molecule has 0 aliphatic heterocycles. The van der Waals surface area contributed by atoms with Gasteiger partial charge in [-0.3, -0.25) is 4.57 Å². The molecule has 0 radical (unpaired) electrons. The fraction of sp³-hybridized carbons (Fsp3) is 0. The molecule has 0 saturated heterocycles. The maximum atomic E-state index is 11.2. The predicted molar refractivity (Wildman–Crippen MR) is 65.9 cm³/mol. The summed E-state index contributed by atoms with van der Waals surface area (Å²) in [6.07, 6.45) is 1.61. The minimum absolute atomic E-state index is 0.300. The molecule has 0 unspecified atom stereocenters. The number of rotatable bonds is 2. The van der Waals surface area contributed by atoms with Crippen molar-refractivity contribution < 1.29 is 9.90 Å². The molecule has 4 nitrogen and oxygen atoms in total. The van der Waals surface area contributed by atoms with Crippen molar-refractivity contribution in [3.05, 3.63) is 47.5 Å². The zero-order valence-corrected chi connectivity index (χ0v) is 9.52. The number of carbonyl (C=O) groups is 1. The van der Waals surface area contributed by atoms with Crippen LogP contribution in [0.5, 0.6) is 0 Å². The van der Waals surface area contributed by atoms with Gasteiger partial charge in [-0.15, -0.1) is 0 Å². The first-order valence-corrected chi connectivity index (χ1v) is 5.85. The molecule has 0 aliphatic rings. The summed E-state index contributed by atoms with van der Waals surface area (Å²) >= 11 is 1.34. The summed E-state index contributed by atoms with van der Waals surface area (Å²) in [4.78, 5) is 11.2. The number of nitrogens with zero attached hydrogens (tertiary/aromatic N) is 2. The van der Waals surface area contributed by atoms with E-state index in [0.29, 0.717) is 5.56 Å². The van der Waals surface area contributed by atoms with E-state index in [-0.39, 0.29) is 0 Å². The molecular weight excluding hydrogens is 236 g/mol. The van der Waals surface area contributed by atoms with Crippen LogP contribution < -0.4 is 0 Å². The quantitative estimate of drug-likeness (QED) is 0.754. The number of hydrogen-bond acceptors (Lipinski definition) is 3. The standard InChI is InChI=1S/C12H8N2O2S/c15-12(16)9-7-14(11-5-6-17-13-11)10-4-2-1-3-8(9)10/h1-7H,(H,15,16). The van der Waals surface area contributed by atoms with Crippen molar-refractivity contribution in [2.45, 2.75) is 0 Å². The SMILES string of the molecule is O=C(O)c1cn(-c2ccsn2)c2ccccc12. The highest BCUT2D eigenvalue weighted by Gasteiger charge is 2.14. The van der Waals surface area contributed by atoms with Gasteiger partial charge in [0.25, 0.3) is 0 Å². The molecule has 5 heteroatoms. The Morgan fingerprint density at radius 3 is 2.82 bits per heavy atom. The van der Waals surface area contributed by atoms with E-state index in [2.05, 4.69) is 4.37 Å². The highest BCUT2D eigenvalue weighted by molar-refractivity contribution is 7.03. The lowest BCUT2D eigenvalue weighted by Crippen LogP contribution is -1.94. The van der Waals surface area contributed by atoms with E-state index < -0.39 is 5.97 Å². The molecule has 3 rings (SSSR count). The number of aromatic carboxylic acids is 1. The lowest BCUT2D eigenvalue weighted by atomic mass is 10.2. The Morgan fingerprint density at radius 2 is 2.12 bits per heavy atom. The molecule has 0 aliphatic carbocycles. The zero-order chi connectivity index (χ0) is 11.8. The normalized spacial score (nSPS) is 10.8. The molecule has 0 atom stereocenters. The molecule has 0 fully saturated rings. The Hall–Kier alpha value is -2.14. The largest absolute Gasteiger partial charge is 0.478 e.